The highest BCUT2D eigenvalue weighted by Gasteiger charge is 2.15. The molecule has 0 amide bonds. The van der Waals surface area contributed by atoms with Gasteiger partial charge in [-0.25, -0.2) is 0 Å². The second kappa shape index (κ2) is 19.0. The Morgan fingerprint density at radius 1 is 0.630 bits per heavy atom. The fraction of sp³-hybridized carbons (Fsp3) is 0.957. The Kier molecular flexibility index (Phi) is 17.4. The number of nitrogens with zero attached hydrogens (tertiary/aromatic N) is 1. The third-order valence-electron chi connectivity index (χ3n) is 5.57. The first kappa shape index (κ1) is 24.7. The molecule has 1 aliphatic rings. The van der Waals surface area contributed by atoms with E-state index < -0.39 is 0 Å². The van der Waals surface area contributed by atoms with Crippen LogP contribution < -0.4 is 10.6 Å². The summed E-state index contributed by atoms with van der Waals surface area (Å²) in [6.07, 6.45) is 22.7. The van der Waals surface area contributed by atoms with Gasteiger partial charge in [-0.05, 0) is 18.6 Å². The maximum Gasteiger partial charge on any atom is 0.166 e. The average molecular weight is 398 g/mol. The lowest BCUT2D eigenvalue weighted by Crippen LogP contribution is -2.38. The Balaban J connectivity index is 1.65. The molecule has 0 unspecified atom stereocenters. The van der Waals surface area contributed by atoms with E-state index in [2.05, 4.69) is 22.5 Å². The van der Waals surface area contributed by atoms with Crippen molar-refractivity contribution in [2.45, 2.75) is 110 Å². The number of rotatable bonds is 20. The van der Waals surface area contributed by atoms with Crippen molar-refractivity contribution < 1.29 is 0 Å². The lowest BCUT2D eigenvalue weighted by atomic mass is 10.0. The number of hydrogen-bond acceptors (Lipinski definition) is 2. The van der Waals surface area contributed by atoms with Crippen molar-refractivity contribution in [3.05, 3.63) is 0 Å². The van der Waals surface area contributed by atoms with Gasteiger partial charge in [-0.15, -0.1) is 0 Å². The van der Waals surface area contributed by atoms with Gasteiger partial charge in [0.15, 0.2) is 5.11 Å². The van der Waals surface area contributed by atoms with E-state index in [-0.39, 0.29) is 0 Å². The normalized spacial score (nSPS) is 13.7. The molecular weight excluding hydrogens is 350 g/mol. The third kappa shape index (κ3) is 18.8. The van der Waals surface area contributed by atoms with E-state index in [1.54, 1.807) is 0 Å². The molecule has 160 valence electrons. The van der Waals surface area contributed by atoms with E-state index in [9.17, 15) is 0 Å². The van der Waals surface area contributed by atoms with Gasteiger partial charge in [0.25, 0.3) is 0 Å². The van der Waals surface area contributed by atoms with Gasteiger partial charge in [-0.3, -0.25) is 4.90 Å². The molecule has 1 aliphatic heterocycles. The van der Waals surface area contributed by atoms with Crippen LogP contribution in [0.25, 0.3) is 0 Å². The predicted octanol–water partition coefficient (Wildman–Crippen LogP) is 6.03. The molecule has 0 aromatic rings. The summed E-state index contributed by atoms with van der Waals surface area (Å²) >= 11 is 5.30. The number of hydrogen-bond donors (Lipinski definition) is 2. The molecule has 0 saturated carbocycles. The fourth-order valence-corrected chi connectivity index (χ4v) is 3.76. The summed E-state index contributed by atoms with van der Waals surface area (Å²) in [4.78, 5) is 2.41. The molecule has 1 heterocycles. The van der Waals surface area contributed by atoms with Crippen molar-refractivity contribution in [1.82, 2.24) is 15.5 Å². The maximum absolute atomic E-state index is 5.30. The van der Waals surface area contributed by atoms with Gasteiger partial charge in [0.1, 0.15) is 0 Å². The number of thiocarbonyl (C=S) groups is 1. The van der Waals surface area contributed by atoms with Gasteiger partial charge in [0.05, 0.1) is 0 Å². The Labute approximate surface area is 175 Å². The van der Waals surface area contributed by atoms with Crippen molar-refractivity contribution in [3.8, 4) is 0 Å². The van der Waals surface area contributed by atoms with E-state index in [4.69, 9.17) is 12.2 Å². The molecule has 0 aromatic carbocycles. The number of unbranched alkanes of at least 4 members (excludes halogenated alkanes) is 15. The van der Waals surface area contributed by atoms with Crippen LogP contribution in [0.1, 0.15) is 110 Å². The summed E-state index contributed by atoms with van der Waals surface area (Å²) < 4.78 is 0. The first-order valence-electron chi connectivity index (χ1n) is 12.1. The van der Waals surface area contributed by atoms with E-state index in [1.807, 2.05) is 0 Å². The summed E-state index contributed by atoms with van der Waals surface area (Å²) in [6, 6.07) is 0. The summed E-state index contributed by atoms with van der Waals surface area (Å²) in [5.74, 6) is 0. The number of nitrogens with one attached hydrogen (secondary N) is 2. The molecule has 1 saturated heterocycles. The second-order valence-electron chi connectivity index (χ2n) is 8.33. The molecule has 1 rings (SSSR count). The summed E-state index contributed by atoms with van der Waals surface area (Å²) in [5.41, 5.74) is 0. The molecule has 2 N–H and O–H groups in total. The first-order chi connectivity index (χ1) is 13.3. The largest absolute Gasteiger partial charge is 0.363 e. The zero-order valence-electron chi connectivity index (χ0n) is 18.2. The second-order valence-corrected chi connectivity index (χ2v) is 8.74. The SMILES string of the molecule is CCCCCCCCCCCCCCCCCCNC(=S)NCCN1CC1. The highest BCUT2D eigenvalue weighted by atomic mass is 32.1. The van der Waals surface area contributed by atoms with Gasteiger partial charge >= 0.3 is 0 Å². The molecule has 4 heteroatoms. The van der Waals surface area contributed by atoms with Crippen LogP contribution in [0, 0.1) is 0 Å². The van der Waals surface area contributed by atoms with Crippen molar-refractivity contribution in [1.29, 1.82) is 0 Å². The van der Waals surface area contributed by atoms with Crippen LogP contribution in [0.15, 0.2) is 0 Å². The first-order valence-corrected chi connectivity index (χ1v) is 12.5. The smallest absolute Gasteiger partial charge is 0.166 e. The Hall–Kier alpha value is -0.350. The average Bonchev–Trinajstić information content (AvgIpc) is 3.48. The van der Waals surface area contributed by atoms with Gasteiger partial charge in [-0.2, -0.15) is 0 Å². The van der Waals surface area contributed by atoms with Crippen molar-refractivity contribution in [3.63, 3.8) is 0 Å². The quantitative estimate of drug-likeness (QED) is 0.149. The molecule has 3 nitrogen and oxygen atoms in total. The molecule has 1 fully saturated rings. The maximum atomic E-state index is 5.30. The van der Waals surface area contributed by atoms with Crippen LogP contribution in [0.2, 0.25) is 0 Å². The van der Waals surface area contributed by atoms with E-state index >= 15 is 0 Å². The van der Waals surface area contributed by atoms with E-state index in [0.717, 1.165) is 24.7 Å². The monoisotopic (exact) mass is 397 g/mol. The minimum atomic E-state index is 0.831. The predicted molar refractivity (Wildman–Crippen MR) is 125 cm³/mol. The van der Waals surface area contributed by atoms with Crippen LogP contribution in [0.4, 0.5) is 0 Å². The molecule has 27 heavy (non-hydrogen) atoms. The van der Waals surface area contributed by atoms with Gasteiger partial charge < -0.3 is 10.6 Å². The van der Waals surface area contributed by atoms with Crippen LogP contribution >= 0.6 is 12.2 Å². The molecule has 0 aliphatic carbocycles. The van der Waals surface area contributed by atoms with Crippen molar-refractivity contribution in [2.75, 3.05) is 32.7 Å². The molecule has 0 aromatic heterocycles. The van der Waals surface area contributed by atoms with Gasteiger partial charge in [0, 0.05) is 32.7 Å². The molecule has 0 atom stereocenters. The lowest BCUT2D eigenvalue weighted by Gasteiger charge is -2.10. The fourth-order valence-electron chi connectivity index (χ4n) is 3.56. The zero-order chi connectivity index (χ0) is 19.4. The minimum Gasteiger partial charge on any atom is -0.363 e. The summed E-state index contributed by atoms with van der Waals surface area (Å²) in [5, 5.41) is 7.45. The van der Waals surface area contributed by atoms with E-state index in [1.165, 1.54) is 116 Å². The van der Waals surface area contributed by atoms with Crippen LogP contribution in [-0.2, 0) is 0 Å². The topological polar surface area (TPSA) is 27.1 Å². The lowest BCUT2D eigenvalue weighted by molar-refractivity contribution is 0.528. The zero-order valence-corrected chi connectivity index (χ0v) is 19.0. The third-order valence-corrected chi connectivity index (χ3v) is 5.86. The molecule has 0 bridgehead atoms. The van der Waals surface area contributed by atoms with Crippen LogP contribution in [-0.4, -0.2) is 42.7 Å². The summed E-state index contributed by atoms with van der Waals surface area (Å²) in [6.45, 7) is 7.95. The Morgan fingerprint density at radius 2 is 1.04 bits per heavy atom. The van der Waals surface area contributed by atoms with E-state index in [0.29, 0.717) is 0 Å². The van der Waals surface area contributed by atoms with Crippen molar-refractivity contribution in [2.24, 2.45) is 0 Å². The standard InChI is InChI=1S/C23H47N3S/c1-2-3-4-5-6-7-8-9-10-11-12-13-14-15-16-17-18-24-23(27)25-19-20-26-21-22-26/h2-22H2,1H3,(H2,24,25,27). The molecule has 0 spiro atoms. The molecular formula is C23H47N3S. The van der Waals surface area contributed by atoms with Crippen LogP contribution in [0.5, 0.6) is 0 Å². The highest BCUT2D eigenvalue weighted by molar-refractivity contribution is 7.80. The Morgan fingerprint density at radius 3 is 1.48 bits per heavy atom. The highest BCUT2D eigenvalue weighted by Crippen LogP contribution is 2.13. The van der Waals surface area contributed by atoms with Gasteiger partial charge in [-0.1, -0.05) is 103 Å². The molecule has 0 radical (unpaired) electrons. The summed E-state index contributed by atoms with van der Waals surface area (Å²) in [7, 11) is 0. The minimum absolute atomic E-state index is 0.831. The van der Waals surface area contributed by atoms with Crippen molar-refractivity contribution >= 4 is 17.3 Å². The Bertz CT molecular complexity index is 332. The van der Waals surface area contributed by atoms with Gasteiger partial charge in [0.2, 0.25) is 0 Å². The van der Waals surface area contributed by atoms with Crippen LogP contribution in [0.3, 0.4) is 0 Å².